The average Bonchev–Trinajstić information content (AvgIpc) is 3.16. The van der Waals surface area contributed by atoms with E-state index in [0.29, 0.717) is 24.1 Å². The zero-order chi connectivity index (χ0) is 19.0. The zero-order valence-corrected chi connectivity index (χ0v) is 14.8. The van der Waals surface area contributed by atoms with Gasteiger partial charge in [0.25, 0.3) is 11.8 Å². The molecule has 7 nitrogen and oxygen atoms in total. The van der Waals surface area contributed by atoms with Crippen LogP contribution in [0.15, 0.2) is 48.8 Å². The molecule has 0 unspecified atom stereocenters. The molecule has 136 valence electrons. The number of benzene rings is 1. The highest BCUT2D eigenvalue weighted by molar-refractivity contribution is 6.22. The molecule has 1 aromatic carbocycles. The predicted molar refractivity (Wildman–Crippen MR) is 98.5 cm³/mol. The summed E-state index contributed by atoms with van der Waals surface area (Å²) in [5.41, 5.74) is 3.54. The van der Waals surface area contributed by atoms with Crippen molar-refractivity contribution in [2.24, 2.45) is 0 Å². The van der Waals surface area contributed by atoms with Crippen molar-refractivity contribution < 1.29 is 14.4 Å². The van der Waals surface area contributed by atoms with Gasteiger partial charge in [-0.05, 0) is 36.8 Å². The molecule has 0 bridgehead atoms. The molecule has 1 N–H and O–H groups in total. The van der Waals surface area contributed by atoms with Gasteiger partial charge in [-0.1, -0.05) is 12.1 Å². The lowest BCUT2D eigenvalue weighted by Crippen LogP contribution is -2.40. The Bertz CT molecular complexity index is 1040. The van der Waals surface area contributed by atoms with Gasteiger partial charge in [0.1, 0.15) is 12.2 Å². The van der Waals surface area contributed by atoms with Crippen molar-refractivity contribution in [3.63, 3.8) is 0 Å². The first-order chi connectivity index (χ1) is 13.0. The molecule has 7 heteroatoms. The number of nitrogens with one attached hydrogen (secondary N) is 1. The van der Waals surface area contributed by atoms with Crippen LogP contribution in [0.1, 0.15) is 32.0 Å². The SMILES string of the molecule is Cc1ccn2cc(CCNC(=O)CN3C(=O)c4ccccc4C3=O)nc2c1. The molecule has 2 aromatic heterocycles. The molecular weight excluding hydrogens is 344 g/mol. The summed E-state index contributed by atoms with van der Waals surface area (Å²) in [5.74, 6) is -1.23. The van der Waals surface area contributed by atoms with Crippen LogP contribution < -0.4 is 5.32 Å². The molecule has 27 heavy (non-hydrogen) atoms. The van der Waals surface area contributed by atoms with Gasteiger partial charge in [-0.15, -0.1) is 0 Å². The molecular formula is C20H18N4O3. The molecule has 0 fully saturated rings. The minimum atomic E-state index is -0.429. The topological polar surface area (TPSA) is 83.8 Å². The summed E-state index contributed by atoms with van der Waals surface area (Å²) in [5, 5.41) is 2.75. The van der Waals surface area contributed by atoms with Gasteiger partial charge in [0.2, 0.25) is 5.91 Å². The lowest BCUT2D eigenvalue weighted by molar-refractivity contribution is -0.121. The minimum absolute atomic E-state index is 0.281. The highest BCUT2D eigenvalue weighted by Gasteiger charge is 2.36. The van der Waals surface area contributed by atoms with Crippen LogP contribution in [0.25, 0.3) is 5.65 Å². The Kier molecular flexibility index (Phi) is 4.19. The summed E-state index contributed by atoms with van der Waals surface area (Å²) >= 11 is 0. The van der Waals surface area contributed by atoms with Crippen LogP contribution in [-0.2, 0) is 11.2 Å². The number of aromatic nitrogens is 2. The fraction of sp³-hybridized carbons (Fsp3) is 0.200. The van der Waals surface area contributed by atoms with E-state index in [9.17, 15) is 14.4 Å². The van der Waals surface area contributed by atoms with Gasteiger partial charge in [-0.2, -0.15) is 0 Å². The monoisotopic (exact) mass is 362 g/mol. The van der Waals surface area contributed by atoms with Gasteiger partial charge in [-0.25, -0.2) is 4.98 Å². The van der Waals surface area contributed by atoms with E-state index in [2.05, 4.69) is 10.3 Å². The lowest BCUT2D eigenvalue weighted by atomic mass is 10.1. The van der Waals surface area contributed by atoms with Crippen molar-refractivity contribution in [1.29, 1.82) is 0 Å². The van der Waals surface area contributed by atoms with E-state index in [0.717, 1.165) is 21.8 Å². The highest BCUT2D eigenvalue weighted by atomic mass is 16.2. The maximum absolute atomic E-state index is 12.3. The summed E-state index contributed by atoms with van der Waals surface area (Å²) in [6, 6.07) is 10.6. The molecule has 1 aliphatic heterocycles. The Morgan fingerprint density at radius 2 is 1.81 bits per heavy atom. The van der Waals surface area contributed by atoms with Crippen LogP contribution in [0.3, 0.4) is 0 Å². The maximum Gasteiger partial charge on any atom is 0.262 e. The van der Waals surface area contributed by atoms with Gasteiger partial charge in [0.05, 0.1) is 16.8 Å². The van der Waals surface area contributed by atoms with E-state index in [-0.39, 0.29) is 12.5 Å². The third-order valence-electron chi connectivity index (χ3n) is 4.55. The van der Waals surface area contributed by atoms with Crippen LogP contribution >= 0.6 is 0 Å². The number of aryl methyl sites for hydroxylation is 1. The summed E-state index contributed by atoms with van der Waals surface area (Å²) in [6.07, 6.45) is 4.43. The fourth-order valence-corrected chi connectivity index (χ4v) is 3.17. The van der Waals surface area contributed by atoms with E-state index in [1.165, 1.54) is 0 Å². The van der Waals surface area contributed by atoms with Gasteiger partial charge in [-0.3, -0.25) is 19.3 Å². The van der Waals surface area contributed by atoms with Gasteiger partial charge >= 0.3 is 0 Å². The van der Waals surface area contributed by atoms with Crippen molar-refractivity contribution in [3.8, 4) is 0 Å². The molecule has 3 heterocycles. The third kappa shape index (κ3) is 3.19. The molecule has 0 aliphatic carbocycles. The molecule has 0 saturated carbocycles. The number of fused-ring (bicyclic) bond motifs is 2. The lowest BCUT2D eigenvalue weighted by Gasteiger charge is -2.13. The Morgan fingerprint density at radius 3 is 2.52 bits per heavy atom. The first kappa shape index (κ1) is 17.0. The quantitative estimate of drug-likeness (QED) is 0.699. The van der Waals surface area contributed by atoms with Crippen molar-refractivity contribution in [2.75, 3.05) is 13.1 Å². The van der Waals surface area contributed by atoms with Crippen molar-refractivity contribution in [1.82, 2.24) is 19.6 Å². The maximum atomic E-state index is 12.3. The van der Waals surface area contributed by atoms with E-state index in [1.807, 2.05) is 35.9 Å². The molecule has 0 saturated heterocycles. The number of hydrogen-bond acceptors (Lipinski definition) is 4. The van der Waals surface area contributed by atoms with E-state index in [1.54, 1.807) is 24.3 Å². The number of carbonyl (C=O) groups is 3. The second-order valence-electron chi connectivity index (χ2n) is 6.54. The number of amides is 3. The van der Waals surface area contributed by atoms with E-state index in [4.69, 9.17) is 0 Å². The fourth-order valence-electron chi connectivity index (χ4n) is 3.17. The normalized spacial score (nSPS) is 13.3. The standard InChI is InChI=1S/C20H18N4O3/c1-13-7-9-23-11-14(22-17(23)10-13)6-8-21-18(25)12-24-19(26)15-4-2-3-5-16(15)20(24)27/h2-5,7,9-11H,6,8,12H2,1H3,(H,21,25). The van der Waals surface area contributed by atoms with Crippen LogP contribution in [0.4, 0.5) is 0 Å². The second-order valence-corrected chi connectivity index (χ2v) is 6.54. The van der Waals surface area contributed by atoms with Gasteiger partial charge in [0.15, 0.2) is 0 Å². The Morgan fingerprint density at radius 1 is 1.11 bits per heavy atom. The Labute approximate surface area is 155 Å². The summed E-state index contributed by atoms with van der Waals surface area (Å²) in [6.45, 7) is 2.11. The summed E-state index contributed by atoms with van der Waals surface area (Å²) in [7, 11) is 0. The molecule has 3 amide bonds. The van der Waals surface area contributed by atoms with E-state index >= 15 is 0 Å². The van der Waals surface area contributed by atoms with Gasteiger partial charge in [0, 0.05) is 25.4 Å². The van der Waals surface area contributed by atoms with E-state index < -0.39 is 11.8 Å². The van der Waals surface area contributed by atoms with Crippen molar-refractivity contribution >= 4 is 23.4 Å². The smallest absolute Gasteiger partial charge is 0.262 e. The van der Waals surface area contributed by atoms with Gasteiger partial charge < -0.3 is 9.72 Å². The molecule has 0 radical (unpaired) electrons. The molecule has 1 aliphatic rings. The second kappa shape index (κ2) is 6.68. The molecule has 3 aromatic rings. The number of nitrogens with zero attached hydrogens (tertiary/aromatic N) is 3. The van der Waals surface area contributed by atoms with Crippen LogP contribution in [0.5, 0.6) is 0 Å². The average molecular weight is 362 g/mol. The van der Waals surface area contributed by atoms with Crippen molar-refractivity contribution in [3.05, 3.63) is 71.2 Å². The first-order valence-electron chi connectivity index (χ1n) is 8.69. The minimum Gasteiger partial charge on any atom is -0.354 e. The molecule has 0 spiro atoms. The number of imide groups is 1. The third-order valence-corrected chi connectivity index (χ3v) is 4.55. The van der Waals surface area contributed by atoms with Crippen molar-refractivity contribution in [2.45, 2.75) is 13.3 Å². The largest absolute Gasteiger partial charge is 0.354 e. The number of hydrogen-bond donors (Lipinski definition) is 1. The van der Waals surface area contributed by atoms with Crippen LogP contribution in [0, 0.1) is 6.92 Å². The number of imidazole rings is 1. The molecule has 4 rings (SSSR count). The number of pyridine rings is 1. The number of carbonyl (C=O) groups excluding carboxylic acids is 3. The first-order valence-corrected chi connectivity index (χ1v) is 8.69. The summed E-state index contributed by atoms with van der Waals surface area (Å²) < 4.78 is 1.93. The zero-order valence-electron chi connectivity index (χ0n) is 14.8. The van der Waals surface area contributed by atoms with Crippen LogP contribution in [0.2, 0.25) is 0 Å². The predicted octanol–water partition coefficient (Wildman–Crippen LogP) is 1.60. The van der Waals surface area contributed by atoms with Crippen LogP contribution in [-0.4, -0.2) is 45.1 Å². The highest BCUT2D eigenvalue weighted by Crippen LogP contribution is 2.21. The summed E-state index contributed by atoms with van der Waals surface area (Å²) in [4.78, 5) is 42.2. The Balaban J connectivity index is 1.33. The number of rotatable bonds is 5. The Hall–Kier alpha value is -3.48. The molecule has 0 atom stereocenters.